The molecule has 0 radical (unpaired) electrons. The number of nitrogens with zero attached hydrogens (tertiary/aromatic N) is 4. The summed E-state index contributed by atoms with van der Waals surface area (Å²) in [5.74, 6) is 3.45. The zero-order valence-corrected chi connectivity index (χ0v) is 26.0. The van der Waals surface area contributed by atoms with E-state index >= 15 is 0 Å². The Kier molecular flexibility index (Phi) is 10.3. The number of carbonyl (C=O) groups is 1. The van der Waals surface area contributed by atoms with Crippen LogP contribution in [0.1, 0.15) is 107 Å². The number of anilines is 1. The first-order valence-electron chi connectivity index (χ1n) is 15.8. The van der Waals surface area contributed by atoms with E-state index in [1.807, 2.05) is 45.9 Å². The predicted molar refractivity (Wildman–Crippen MR) is 170 cm³/mol. The average Bonchev–Trinajstić information content (AvgIpc) is 3.77. The smallest absolute Gasteiger partial charge is 0.318 e. The van der Waals surface area contributed by atoms with E-state index in [0.29, 0.717) is 42.2 Å². The Labute approximate surface area is 251 Å². The van der Waals surface area contributed by atoms with Gasteiger partial charge in [0.25, 0.3) is 5.91 Å². The Balaban J connectivity index is 0.000000972. The van der Waals surface area contributed by atoms with Crippen molar-refractivity contribution in [3.8, 4) is 24.1 Å². The maximum Gasteiger partial charge on any atom is 0.318 e. The van der Waals surface area contributed by atoms with Gasteiger partial charge in [0.1, 0.15) is 11.6 Å². The summed E-state index contributed by atoms with van der Waals surface area (Å²) in [6.07, 6.45) is 13.9. The molecule has 6 rings (SSSR count). The van der Waals surface area contributed by atoms with E-state index < -0.39 is 0 Å². The topological polar surface area (TPSA) is 78.8 Å². The molecule has 0 spiro atoms. The van der Waals surface area contributed by atoms with E-state index in [2.05, 4.69) is 17.7 Å². The minimum atomic E-state index is -0.182. The van der Waals surface area contributed by atoms with Crippen LogP contribution in [0.15, 0.2) is 30.3 Å². The molecule has 42 heavy (non-hydrogen) atoms. The van der Waals surface area contributed by atoms with Crippen LogP contribution < -0.4 is 9.64 Å². The molecular formula is C35H46N4O3. The monoisotopic (exact) mass is 570 g/mol. The number of amides is 1. The molecule has 3 aliphatic rings. The van der Waals surface area contributed by atoms with Crippen LogP contribution in [0.2, 0.25) is 0 Å². The predicted octanol–water partition coefficient (Wildman–Crippen LogP) is 7.47. The molecular weight excluding hydrogens is 524 g/mol. The van der Waals surface area contributed by atoms with Gasteiger partial charge in [0.2, 0.25) is 0 Å². The quantitative estimate of drug-likeness (QED) is 0.310. The van der Waals surface area contributed by atoms with Gasteiger partial charge >= 0.3 is 6.01 Å². The number of phenolic OH excluding ortho intramolecular Hbond substituents is 1. The number of phenols is 1. The van der Waals surface area contributed by atoms with Crippen molar-refractivity contribution in [2.24, 2.45) is 5.41 Å². The molecule has 7 nitrogen and oxygen atoms in total. The number of aromatic hydroxyl groups is 1. The molecule has 1 saturated heterocycles. The third-order valence-corrected chi connectivity index (χ3v) is 8.49. The number of terminal acetylenes is 1. The van der Waals surface area contributed by atoms with Crippen LogP contribution >= 0.6 is 0 Å². The van der Waals surface area contributed by atoms with Gasteiger partial charge in [-0.05, 0) is 55.7 Å². The maximum absolute atomic E-state index is 13.9. The number of hydrogen-bond donors (Lipinski definition) is 1. The molecule has 1 aliphatic carbocycles. The van der Waals surface area contributed by atoms with Crippen molar-refractivity contribution in [2.75, 3.05) is 24.6 Å². The fraction of sp³-hybridized carbons (Fsp3) is 0.514. The minimum absolute atomic E-state index is 0.0393. The first kappa shape index (κ1) is 31.2. The molecule has 7 heteroatoms. The highest BCUT2D eigenvalue weighted by molar-refractivity contribution is 6.09. The Morgan fingerprint density at radius 2 is 1.76 bits per heavy atom. The summed E-state index contributed by atoms with van der Waals surface area (Å²) in [6, 6.07) is 9.09. The van der Waals surface area contributed by atoms with Crippen LogP contribution in [0.25, 0.3) is 10.8 Å². The van der Waals surface area contributed by atoms with E-state index in [0.717, 1.165) is 54.8 Å². The van der Waals surface area contributed by atoms with E-state index in [4.69, 9.17) is 21.1 Å². The second kappa shape index (κ2) is 13.9. The lowest BCUT2D eigenvalue weighted by Gasteiger charge is -2.24. The number of hydrogen-bond acceptors (Lipinski definition) is 6. The Hall–Kier alpha value is -3.79. The third-order valence-electron chi connectivity index (χ3n) is 8.49. The molecule has 2 aromatic carbocycles. The molecule has 2 fully saturated rings. The highest BCUT2D eigenvalue weighted by Gasteiger charge is 2.42. The van der Waals surface area contributed by atoms with Crippen LogP contribution in [0, 0.1) is 17.8 Å². The molecule has 0 unspecified atom stereocenters. The number of aromatic nitrogens is 2. The Morgan fingerprint density at radius 3 is 2.40 bits per heavy atom. The molecule has 3 aromatic rings. The van der Waals surface area contributed by atoms with Crippen LogP contribution in [-0.4, -0.2) is 45.6 Å². The molecule has 0 bridgehead atoms. The van der Waals surface area contributed by atoms with Gasteiger partial charge in [-0.3, -0.25) is 4.79 Å². The second-order valence-corrected chi connectivity index (χ2v) is 11.0. The number of benzene rings is 2. The van der Waals surface area contributed by atoms with Gasteiger partial charge in [-0.15, -0.1) is 6.42 Å². The van der Waals surface area contributed by atoms with Crippen LogP contribution in [0.4, 0.5) is 5.82 Å². The van der Waals surface area contributed by atoms with Gasteiger partial charge in [0, 0.05) is 35.0 Å². The van der Waals surface area contributed by atoms with Crippen molar-refractivity contribution in [2.45, 2.75) is 92.7 Å². The molecule has 1 N–H and O–H groups in total. The van der Waals surface area contributed by atoms with Crippen molar-refractivity contribution < 1.29 is 14.6 Å². The van der Waals surface area contributed by atoms with Crippen molar-refractivity contribution >= 4 is 22.5 Å². The summed E-state index contributed by atoms with van der Waals surface area (Å²) in [7, 11) is 0. The lowest BCUT2D eigenvalue weighted by molar-refractivity contribution is 0.0752. The Bertz CT molecular complexity index is 1430. The van der Waals surface area contributed by atoms with Crippen molar-refractivity contribution in [3.05, 3.63) is 52.7 Å². The lowest BCUT2D eigenvalue weighted by Crippen LogP contribution is -2.28. The van der Waals surface area contributed by atoms with Crippen LogP contribution in [-0.2, 0) is 13.1 Å². The first-order valence-corrected chi connectivity index (χ1v) is 15.8. The zero-order chi connectivity index (χ0) is 30.3. The minimum Gasteiger partial charge on any atom is -0.508 e. The number of rotatable bonds is 6. The molecule has 1 aromatic heterocycles. The molecule has 224 valence electrons. The number of fused-ring (bicyclic) bond motifs is 2. The molecule has 2 aliphatic heterocycles. The molecule has 3 heterocycles. The summed E-state index contributed by atoms with van der Waals surface area (Å²) in [5, 5.41) is 11.8. The summed E-state index contributed by atoms with van der Waals surface area (Å²) in [6.45, 7) is 13.5. The van der Waals surface area contributed by atoms with Gasteiger partial charge in [0.05, 0.1) is 31.0 Å². The molecule has 0 atom stereocenters. The van der Waals surface area contributed by atoms with E-state index in [9.17, 15) is 9.90 Å². The van der Waals surface area contributed by atoms with Gasteiger partial charge in [0.15, 0.2) is 0 Å². The van der Waals surface area contributed by atoms with E-state index in [1.165, 1.54) is 31.7 Å². The van der Waals surface area contributed by atoms with E-state index in [-0.39, 0.29) is 17.1 Å². The van der Waals surface area contributed by atoms with E-state index in [1.54, 1.807) is 11.0 Å². The average molecular weight is 571 g/mol. The van der Waals surface area contributed by atoms with Crippen molar-refractivity contribution in [3.63, 3.8) is 0 Å². The zero-order valence-electron chi connectivity index (χ0n) is 26.0. The summed E-state index contributed by atoms with van der Waals surface area (Å²) < 4.78 is 6.19. The summed E-state index contributed by atoms with van der Waals surface area (Å²) in [5.41, 5.74) is 3.13. The van der Waals surface area contributed by atoms with Gasteiger partial charge in [-0.1, -0.05) is 65.5 Å². The highest BCUT2D eigenvalue weighted by Crippen LogP contribution is 2.48. The largest absolute Gasteiger partial charge is 0.508 e. The standard InChI is InChI=1S/C31H34N4O3.2C2H6/c1-3-21-10-9-11-22-16-23(36)17-24(27(21)22)29(37)35-18-25-26(19-35)32-30(38-20-31(4-2)12-13-31)33-28(25)34-14-7-5-6-8-15-34;2*1-2/h1,9-11,16-17,36H,4-8,12-15,18-20H2,2H3;2*1-2H3. The van der Waals surface area contributed by atoms with Crippen molar-refractivity contribution in [1.82, 2.24) is 14.9 Å². The highest BCUT2D eigenvalue weighted by atomic mass is 16.5. The molecule has 1 saturated carbocycles. The van der Waals surface area contributed by atoms with Gasteiger partial charge < -0.3 is 19.6 Å². The first-order chi connectivity index (χ1) is 20.5. The second-order valence-electron chi connectivity index (χ2n) is 11.0. The summed E-state index contributed by atoms with van der Waals surface area (Å²) >= 11 is 0. The Morgan fingerprint density at radius 1 is 1.05 bits per heavy atom. The number of carbonyl (C=O) groups excluding carboxylic acids is 1. The fourth-order valence-electron chi connectivity index (χ4n) is 5.83. The third kappa shape index (κ3) is 6.48. The fourth-order valence-corrected chi connectivity index (χ4v) is 5.83. The van der Waals surface area contributed by atoms with Gasteiger partial charge in [-0.2, -0.15) is 9.97 Å². The van der Waals surface area contributed by atoms with Crippen molar-refractivity contribution in [1.29, 1.82) is 0 Å². The lowest BCUT2D eigenvalue weighted by atomic mass is 9.98. The van der Waals surface area contributed by atoms with Crippen LogP contribution in [0.3, 0.4) is 0 Å². The normalized spacial score (nSPS) is 16.7. The summed E-state index contributed by atoms with van der Waals surface area (Å²) in [4.78, 5) is 27.8. The van der Waals surface area contributed by atoms with Gasteiger partial charge in [-0.25, -0.2) is 0 Å². The SMILES string of the molecule is C#Cc1cccc2cc(O)cc(C(=O)N3Cc4nc(OCC5(CC)CC5)nc(N5CCCCCC5)c4C3)c12.CC.CC. The van der Waals surface area contributed by atoms with Crippen LogP contribution in [0.5, 0.6) is 11.8 Å². The maximum atomic E-state index is 13.9. The molecule has 1 amide bonds. The number of ether oxygens (including phenoxy) is 1.